The van der Waals surface area contributed by atoms with Gasteiger partial charge in [-0.2, -0.15) is 0 Å². The molecule has 2 atom stereocenters. The third-order valence-electron chi connectivity index (χ3n) is 4.07. The first-order valence-electron chi connectivity index (χ1n) is 7.14. The van der Waals surface area contributed by atoms with Crippen LogP contribution in [0.1, 0.15) is 53.4 Å². The van der Waals surface area contributed by atoms with Crippen molar-refractivity contribution in [2.75, 3.05) is 13.1 Å². The molecule has 1 rings (SSSR count). The molecule has 0 aromatic carbocycles. The zero-order valence-electron chi connectivity index (χ0n) is 11.8. The van der Waals surface area contributed by atoms with Crippen molar-refractivity contribution in [2.24, 2.45) is 5.92 Å². The number of likely N-dealkylation sites (N-methyl/N-ethyl adjacent to an activating group) is 1. The van der Waals surface area contributed by atoms with Crippen LogP contribution < -0.4 is 5.32 Å². The van der Waals surface area contributed by atoms with Gasteiger partial charge in [0.25, 0.3) is 0 Å². The van der Waals surface area contributed by atoms with E-state index in [0.717, 1.165) is 19.0 Å². The Kier molecular flexibility index (Phi) is 5.96. The van der Waals surface area contributed by atoms with E-state index in [1.165, 1.54) is 25.7 Å². The fourth-order valence-electron chi connectivity index (χ4n) is 2.87. The maximum Gasteiger partial charge on any atom is 0.239 e. The van der Waals surface area contributed by atoms with E-state index in [9.17, 15) is 4.79 Å². The molecule has 0 spiro atoms. The average molecular weight is 240 g/mol. The van der Waals surface area contributed by atoms with Gasteiger partial charge < -0.3 is 10.2 Å². The number of hydrogen-bond acceptors (Lipinski definition) is 2. The highest BCUT2D eigenvalue weighted by Gasteiger charge is 2.25. The molecule has 0 saturated heterocycles. The lowest BCUT2D eigenvalue weighted by Gasteiger charge is -2.28. The summed E-state index contributed by atoms with van der Waals surface area (Å²) in [5, 5.41) is 3.48. The Labute approximate surface area is 106 Å². The summed E-state index contributed by atoms with van der Waals surface area (Å²) in [6, 6.07) is 0.414. The minimum Gasteiger partial charge on any atom is -0.342 e. The standard InChI is InChI=1S/C14H28N2O/c1-5-16(6-2)14(17)12(4)15-11(3)13-9-7-8-10-13/h11-13,15H,5-10H2,1-4H3/t11-,12?/m0/s1. The molecule has 1 N–H and O–H groups in total. The lowest BCUT2D eigenvalue weighted by atomic mass is 9.99. The smallest absolute Gasteiger partial charge is 0.239 e. The zero-order chi connectivity index (χ0) is 12.8. The highest BCUT2D eigenvalue weighted by Crippen LogP contribution is 2.27. The quantitative estimate of drug-likeness (QED) is 0.773. The third kappa shape index (κ3) is 3.98. The molecule has 1 saturated carbocycles. The van der Waals surface area contributed by atoms with Crippen LogP contribution in [0.3, 0.4) is 0 Å². The van der Waals surface area contributed by atoms with Crippen molar-refractivity contribution in [3.8, 4) is 0 Å². The molecule has 0 aromatic rings. The monoisotopic (exact) mass is 240 g/mol. The highest BCUT2D eigenvalue weighted by atomic mass is 16.2. The molecule has 0 bridgehead atoms. The van der Waals surface area contributed by atoms with Crippen LogP contribution in [0.15, 0.2) is 0 Å². The summed E-state index contributed by atoms with van der Waals surface area (Å²) in [5.41, 5.74) is 0. The highest BCUT2D eigenvalue weighted by molar-refractivity contribution is 5.81. The molecule has 0 heterocycles. The van der Waals surface area contributed by atoms with E-state index in [2.05, 4.69) is 12.2 Å². The predicted molar refractivity (Wildman–Crippen MR) is 71.9 cm³/mol. The molecule has 1 unspecified atom stereocenters. The second-order valence-corrected chi connectivity index (χ2v) is 5.23. The Bertz CT molecular complexity index is 232. The summed E-state index contributed by atoms with van der Waals surface area (Å²) in [6.45, 7) is 9.90. The second-order valence-electron chi connectivity index (χ2n) is 5.23. The minimum atomic E-state index is -0.0505. The molecule has 100 valence electrons. The van der Waals surface area contributed by atoms with Gasteiger partial charge in [0, 0.05) is 19.1 Å². The van der Waals surface area contributed by atoms with E-state index in [0.29, 0.717) is 6.04 Å². The fraction of sp³-hybridized carbons (Fsp3) is 0.929. The summed E-state index contributed by atoms with van der Waals surface area (Å²) >= 11 is 0. The normalized spacial score (nSPS) is 20.2. The molecule has 3 heteroatoms. The molecule has 0 aliphatic heterocycles. The number of carbonyl (C=O) groups excluding carboxylic acids is 1. The molecule has 0 aromatic heterocycles. The minimum absolute atomic E-state index is 0.0505. The molecule has 1 aliphatic rings. The molecular formula is C14H28N2O. The van der Waals surface area contributed by atoms with Crippen molar-refractivity contribution in [1.82, 2.24) is 10.2 Å². The third-order valence-corrected chi connectivity index (χ3v) is 4.07. The van der Waals surface area contributed by atoms with Crippen LogP contribution in [0, 0.1) is 5.92 Å². The number of carbonyl (C=O) groups is 1. The first-order valence-corrected chi connectivity index (χ1v) is 7.14. The first kappa shape index (κ1) is 14.5. The largest absolute Gasteiger partial charge is 0.342 e. The number of hydrogen-bond donors (Lipinski definition) is 1. The number of rotatable bonds is 6. The topological polar surface area (TPSA) is 32.3 Å². The summed E-state index contributed by atoms with van der Waals surface area (Å²) in [4.78, 5) is 14.0. The molecule has 1 aliphatic carbocycles. The van der Waals surface area contributed by atoms with E-state index in [-0.39, 0.29) is 11.9 Å². The number of nitrogens with zero attached hydrogens (tertiary/aromatic N) is 1. The Morgan fingerprint density at radius 3 is 2.24 bits per heavy atom. The van der Waals surface area contributed by atoms with Gasteiger partial charge >= 0.3 is 0 Å². The maximum atomic E-state index is 12.1. The van der Waals surface area contributed by atoms with Gasteiger partial charge in [0.05, 0.1) is 6.04 Å². The molecule has 1 amide bonds. The Morgan fingerprint density at radius 2 is 1.76 bits per heavy atom. The van der Waals surface area contributed by atoms with Crippen molar-refractivity contribution in [3.63, 3.8) is 0 Å². The van der Waals surface area contributed by atoms with Gasteiger partial charge in [-0.25, -0.2) is 0 Å². The van der Waals surface area contributed by atoms with Crippen LogP contribution in [0.2, 0.25) is 0 Å². The van der Waals surface area contributed by atoms with Crippen LogP contribution in [0.5, 0.6) is 0 Å². The second kappa shape index (κ2) is 7.00. The summed E-state index contributed by atoms with van der Waals surface area (Å²) in [5.74, 6) is 1.00. The van der Waals surface area contributed by atoms with Crippen molar-refractivity contribution in [3.05, 3.63) is 0 Å². The molecule has 1 fully saturated rings. The average Bonchev–Trinajstić information content (AvgIpc) is 2.83. The molecule has 17 heavy (non-hydrogen) atoms. The Balaban J connectivity index is 2.41. The van der Waals surface area contributed by atoms with Gasteiger partial charge in [0.2, 0.25) is 5.91 Å². The van der Waals surface area contributed by atoms with E-state index in [1.807, 2.05) is 25.7 Å². The van der Waals surface area contributed by atoms with Gasteiger partial charge in [0.15, 0.2) is 0 Å². The SMILES string of the molecule is CCN(CC)C(=O)C(C)N[C@@H](C)C1CCCC1. The van der Waals surface area contributed by atoms with Crippen LogP contribution >= 0.6 is 0 Å². The molecule has 3 nitrogen and oxygen atoms in total. The van der Waals surface area contributed by atoms with E-state index in [4.69, 9.17) is 0 Å². The Hall–Kier alpha value is -0.570. The fourth-order valence-corrected chi connectivity index (χ4v) is 2.87. The van der Waals surface area contributed by atoms with Crippen molar-refractivity contribution in [1.29, 1.82) is 0 Å². The van der Waals surface area contributed by atoms with Gasteiger partial charge in [0.1, 0.15) is 0 Å². The van der Waals surface area contributed by atoms with Crippen LogP contribution in [0.25, 0.3) is 0 Å². The number of amides is 1. The van der Waals surface area contributed by atoms with Crippen LogP contribution in [-0.2, 0) is 4.79 Å². The molecular weight excluding hydrogens is 212 g/mol. The number of nitrogens with one attached hydrogen (secondary N) is 1. The zero-order valence-corrected chi connectivity index (χ0v) is 11.8. The van der Waals surface area contributed by atoms with Crippen LogP contribution in [0.4, 0.5) is 0 Å². The van der Waals surface area contributed by atoms with E-state index in [1.54, 1.807) is 0 Å². The van der Waals surface area contributed by atoms with Gasteiger partial charge in [-0.1, -0.05) is 12.8 Å². The van der Waals surface area contributed by atoms with E-state index < -0.39 is 0 Å². The van der Waals surface area contributed by atoms with E-state index >= 15 is 0 Å². The van der Waals surface area contributed by atoms with Crippen LogP contribution in [-0.4, -0.2) is 36.0 Å². The predicted octanol–water partition coefficient (Wildman–Crippen LogP) is 2.41. The lowest BCUT2D eigenvalue weighted by Crippen LogP contribution is -2.49. The van der Waals surface area contributed by atoms with Crippen molar-refractivity contribution >= 4 is 5.91 Å². The molecule has 0 radical (unpaired) electrons. The first-order chi connectivity index (χ1) is 8.10. The van der Waals surface area contributed by atoms with Crippen molar-refractivity contribution < 1.29 is 4.79 Å². The summed E-state index contributed by atoms with van der Waals surface area (Å²) in [7, 11) is 0. The van der Waals surface area contributed by atoms with Gasteiger partial charge in [-0.15, -0.1) is 0 Å². The maximum absolute atomic E-state index is 12.1. The summed E-state index contributed by atoms with van der Waals surface area (Å²) in [6.07, 6.45) is 5.35. The van der Waals surface area contributed by atoms with Crippen molar-refractivity contribution in [2.45, 2.75) is 65.5 Å². The van der Waals surface area contributed by atoms with Gasteiger partial charge in [-0.3, -0.25) is 4.79 Å². The lowest BCUT2D eigenvalue weighted by molar-refractivity contribution is -0.132. The summed E-state index contributed by atoms with van der Waals surface area (Å²) < 4.78 is 0. The van der Waals surface area contributed by atoms with Gasteiger partial charge in [-0.05, 0) is 46.5 Å². The Morgan fingerprint density at radius 1 is 1.24 bits per heavy atom.